The quantitative estimate of drug-likeness (QED) is 0.397. The molecule has 4 heterocycles. The van der Waals surface area contributed by atoms with Gasteiger partial charge in [-0.2, -0.15) is 15.5 Å². The number of nitrogens with zero attached hydrogens (tertiary/aromatic N) is 6. The third-order valence-electron chi connectivity index (χ3n) is 6.18. The maximum atomic E-state index is 12.6. The van der Waals surface area contributed by atoms with Gasteiger partial charge in [0.05, 0.1) is 60.8 Å². The molecule has 5 rings (SSSR count). The van der Waals surface area contributed by atoms with Gasteiger partial charge in [-0.3, -0.25) is 14.5 Å². The van der Waals surface area contributed by atoms with Crippen molar-refractivity contribution in [2.45, 2.75) is 51.9 Å². The lowest BCUT2D eigenvalue weighted by Crippen LogP contribution is -2.33. The van der Waals surface area contributed by atoms with E-state index in [1.807, 2.05) is 41.4 Å². The Bertz CT molecular complexity index is 1380. The number of nitrogens with one attached hydrogen (secondary N) is 2. The van der Waals surface area contributed by atoms with E-state index in [4.69, 9.17) is 10.00 Å². The smallest absolute Gasteiger partial charge is 0.267 e. The van der Waals surface area contributed by atoms with Gasteiger partial charge in [-0.15, -0.1) is 11.3 Å². The number of aromatic nitrogens is 5. The van der Waals surface area contributed by atoms with E-state index in [2.05, 4.69) is 31.9 Å². The third kappa shape index (κ3) is 4.76. The van der Waals surface area contributed by atoms with Gasteiger partial charge in [0.1, 0.15) is 10.7 Å². The lowest BCUT2D eigenvalue weighted by molar-refractivity contribution is -0.0420. The molecule has 1 saturated heterocycles. The van der Waals surface area contributed by atoms with Crippen LogP contribution in [-0.4, -0.2) is 43.1 Å². The Morgan fingerprint density at radius 2 is 2.20 bits per heavy atom. The maximum Gasteiger partial charge on any atom is 0.267 e. The minimum absolute atomic E-state index is 0.142. The first-order valence-corrected chi connectivity index (χ1v) is 12.4. The fraction of sp³-hybridized carbons (Fsp3) is 0.375. The molecule has 10 nitrogen and oxygen atoms in total. The normalized spacial score (nSPS) is 17.9. The van der Waals surface area contributed by atoms with Crippen molar-refractivity contribution in [3.63, 3.8) is 0 Å². The van der Waals surface area contributed by atoms with E-state index in [-0.39, 0.29) is 18.2 Å². The van der Waals surface area contributed by atoms with Gasteiger partial charge in [0.15, 0.2) is 6.23 Å². The fourth-order valence-electron chi connectivity index (χ4n) is 4.35. The van der Waals surface area contributed by atoms with Crippen LogP contribution in [0.3, 0.4) is 0 Å². The van der Waals surface area contributed by atoms with Crippen LogP contribution in [0.4, 0.5) is 11.5 Å². The minimum Gasteiger partial charge on any atom is -0.364 e. The molecule has 1 aliphatic heterocycles. The zero-order valence-electron chi connectivity index (χ0n) is 19.6. The summed E-state index contributed by atoms with van der Waals surface area (Å²) in [5.74, 6) is 0.623. The molecule has 11 heteroatoms. The molecule has 3 aromatic heterocycles. The molecule has 0 radical (unpaired) electrons. The predicted octanol–water partition coefficient (Wildman–Crippen LogP) is 4.26. The largest absolute Gasteiger partial charge is 0.364 e. The monoisotopic (exact) mass is 490 g/mol. The molecule has 1 aliphatic rings. The van der Waals surface area contributed by atoms with Gasteiger partial charge in [-0.1, -0.05) is 6.07 Å². The standard InChI is InChI=1S/C24H26N8O2S/c1-15-4-6-19-18(23(15)29-24(33)20-12-26-14-35-20)11-27-32(19)22-7-5-17(13-34-22)28-21-10-16(2)31(30-21)9-3-8-25/h4,6,10-12,14,17,22H,3,5,7,9,13H2,1-2H3,(H,28,30)(H,29,33). The van der Waals surface area contributed by atoms with E-state index in [1.54, 1.807) is 17.9 Å². The van der Waals surface area contributed by atoms with Gasteiger partial charge in [-0.05, 0) is 38.3 Å². The van der Waals surface area contributed by atoms with Crippen molar-refractivity contribution in [3.8, 4) is 6.07 Å². The van der Waals surface area contributed by atoms with E-state index >= 15 is 0 Å². The van der Waals surface area contributed by atoms with Crippen LogP contribution in [0.25, 0.3) is 10.9 Å². The number of fused-ring (bicyclic) bond motifs is 1. The molecule has 0 saturated carbocycles. The lowest BCUT2D eigenvalue weighted by Gasteiger charge is -2.30. The summed E-state index contributed by atoms with van der Waals surface area (Å²) < 4.78 is 9.94. The van der Waals surface area contributed by atoms with Gasteiger partial charge in [0, 0.05) is 17.1 Å². The highest BCUT2D eigenvalue weighted by Crippen LogP contribution is 2.32. The number of carbonyl (C=O) groups is 1. The molecular weight excluding hydrogens is 464 g/mol. The van der Waals surface area contributed by atoms with Crippen molar-refractivity contribution in [1.82, 2.24) is 24.5 Å². The highest BCUT2D eigenvalue weighted by Gasteiger charge is 2.26. The Morgan fingerprint density at radius 1 is 1.31 bits per heavy atom. The van der Waals surface area contributed by atoms with Crippen LogP contribution < -0.4 is 10.6 Å². The summed E-state index contributed by atoms with van der Waals surface area (Å²) >= 11 is 1.31. The first-order valence-electron chi connectivity index (χ1n) is 11.5. The lowest BCUT2D eigenvalue weighted by atomic mass is 10.1. The number of amides is 1. The van der Waals surface area contributed by atoms with Crippen molar-refractivity contribution in [2.24, 2.45) is 0 Å². The molecular formula is C24H26N8O2S. The third-order valence-corrected chi connectivity index (χ3v) is 6.95. The van der Waals surface area contributed by atoms with E-state index < -0.39 is 0 Å². The number of hydrogen-bond acceptors (Lipinski definition) is 8. The molecule has 2 unspecified atom stereocenters. The van der Waals surface area contributed by atoms with Gasteiger partial charge in [-0.25, -0.2) is 4.68 Å². The topological polar surface area (TPSA) is 123 Å². The Balaban J connectivity index is 1.26. The van der Waals surface area contributed by atoms with Crippen LogP contribution in [0.5, 0.6) is 0 Å². The summed E-state index contributed by atoms with van der Waals surface area (Å²) in [6.07, 6.45) is 5.29. The predicted molar refractivity (Wildman–Crippen MR) is 133 cm³/mol. The molecule has 4 aromatic rings. The van der Waals surface area contributed by atoms with Gasteiger partial charge in [0.2, 0.25) is 0 Å². The van der Waals surface area contributed by atoms with Crippen LogP contribution in [0.15, 0.2) is 36.1 Å². The summed E-state index contributed by atoms with van der Waals surface area (Å²) in [4.78, 5) is 17.2. The molecule has 0 aliphatic carbocycles. The Kier molecular flexibility index (Phi) is 6.48. The van der Waals surface area contributed by atoms with Crippen molar-refractivity contribution in [3.05, 3.63) is 52.2 Å². The number of thiazole rings is 1. The highest BCUT2D eigenvalue weighted by atomic mass is 32.1. The summed E-state index contributed by atoms with van der Waals surface area (Å²) in [6, 6.07) is 8.30. The molecule has 0 bridgehead atoms. The molecule has 1 amide bonds. The zero-order chi connectivity index (χ0) is 24.4. The average molecular weight is 491 g/mol. The maximum absolute atomic E-state index is 12.6. The van der Waals surface area contributed by atoms with E-state index in [0.717, 1.165) is 46.5 Å². The fourth-order valence-corrected chi connectivity index (χ4v) is 4.86. The zero-order valence-corrected chi connectivity index (χ0v) is 20.4. The number of hydrogen-bond donors (Lipinski definition) is 2. The Hall–Kier alpha value is -3.75. The summed E-state index contributed by atoms with van der Waals surface area (Å²) in [5, 5.41) is 25.3. The van der Waals surface area contributed by atoms with Crippen LogP contribution in [-0.2, 0) is 11.3 Å². The summed E-state index contributed by atoms with van der Waals surface area (Å²) in [7, 11) is 0. The first kappa shape index (κ1) is 23.0. The summed E-state index contributed by atoms with van der Waals surface area (Å²) in [5.41, 5.74) is 5.30. The second-order valence-corrected chi connectivity index (χ2v) is 9.49. The number of anilines is 2. The number of carbonyl (C=O) groups excluding carboxylic acids is 1. The molecule has 180 valence electrons. The molecule has 35 heavy (non-hydrogen) atoms. The second-order valence-electron chi connectivity index (χ2n) is 8.61. The number of ether oxygens (including phenoxy) is 1. The molecule has 1 fully saturated rings. The van der Waals surface area contributed by atoms with E-state index in [1.165, 1.54) is 11.3 Å². The van der Waals surface area contributed by atoms with Crippen molar-refractivity contribution in [2.75, 3.05) is 17.2 Å². The number of benzene rings is 1. The van der Waals surface area contributed by atoms with Crippen LogP contribution in [0.1, 0.15) is 46.4 Å². The van der Waals surface area contributed by atoms with E-state index in [0.29, 0.717) is 24.4 Å². The highest BCUT2D eigenvalue weighted by molar-refractivity contribution is 7.11. The Morgan fingerprint density at radius 3 is 2.94 bits per heavy atom. The molecule has 0 spiro atoms. The number of nitriles is 1. The first-order chi connectivity index (χ1) is 17.0. The SMILES string of the molecule is Cc1ccc2c(cnn2C2CCC(Nc3cc(C)n(CCC#N)n3)CO2)c1NC(=O)c1cncs1. The second kappa shape index (κ2) is 9.85. The van der Waals surface area contributed by atoms with Crippen LogP contribution in [0.2, 0.25) is 0 Å². The molecule has 2 N–H and O–H groups in total. The number of rotatable bonds is 7. The van der Waals surface area contributed by atoms with Gasteiger partial charge < -0.3 is 15.4 Å². The molecule has 2 atom stereocenters. The van der Waals surface area contributed by atoms with Gasteiger partial charge in [0.25, 0.3) is 5.91 Å². The molecule has 1 aromatic carbocycles. The van der Waals surface area contributed by atoms with Crippen LogP contribution >= 0.6 is 11.3 Å². The van der Waals surface area contributed by atoms with Gasteiger partial charge >= 0.3 is 0 Å². The van der Waals surface area contributed by atoms with Crippen molar-refractivity contribution < 1.29 is 9.53 Å². The van der Waals surface area contributed by atoms with E-state index in [9.17, 15) is 4.79 Å². The summed E-state index contributed by atoms with van der Waals surface area (Å²) in [6.45, 7) is 5.07. The Labute approximate surface area is 206 Å². The average Bonchev–Trinajstić information content (AvgIpc) is 3.60. The number of aryl methyl sites for hydroxylation is 3. The van der Waals surface area contributed by atoms with Crippen molar-refractivity contribution in [1.29, 1.82) is 5.26 Å². The minimum atomic E-state index is -0.187. The van der Waals surface area contributed by atoms with Crippen molar-refractivity contribution >= 4 is 39.7 Å². The van der Waals surface area contributed by atoms with Crippen LogP contribution in [0, 0.1) is 25.2 Å².